The van der Waals surface area contributed by atoms with Crippen LogP contribution in [-0.4, -0.2) is 87.4 Å². The van der Waals surface area contributed by atoms with Gasteiger partial charge in [-0.15, -0.1) is 0 Å². The van der Waals surface area contributed by atoms with Crippen LogP contribution in [-0.2, 0) is 33.3 Å². The molecule has 0 fully saturated rings. The summed E-state index contributed by atoms with van der Waals surface area (Å²) in [4.78, 5) is 37.3. The topological polar surface area (TPSA) is 108 Å². The van der Waals surface area contributed by atoms with E-state index in [-0.39, 0.29) is 38.6 Å². The monoisotopic (exact) mass is 897 g/mol. The minimum atomic E-state index is -1.52. The fourth-order valence-electron chi connectivity index (χ4n) is 6.48. The number of likely N-dealkylation sites (N-methyl/N-ethyl adjacent to an activating group) is 1. The summed E-state index contributed by atoms with van der Waals surface area (Å²) in [6.07, 6.45) is 56.4. The molecule has 0 aliphatic carbocycles. The first-order valence-corrected chi connectivity index (χ1v) is 25.3. The Morgan fingerprint density at radius 1 is 0.484 bits per heavy atom. The predicted octanol–water partition coefficient (Wildman–Crippen LogP) is 14.1. The highest BCUT2D eigenvalue weighted by Crippen LogP contribution is 2.13. The molecule has 0 heterocycles. The highest BCUT2D eigenvalue weighted by Gasteiger charge is 2.25. The smallest absolute Gasteiger partial charge is 0.361 e. The van der Waals surface area contributed by atoms with Crippen molar-refractivity contribution in [2.24, 2.45) is 0 Å². The molecular formula is C55H94NO8+. The van der Waals surface area contributed by atoms with E-state index in [2.05, 4.69) is 98.9 Å². The zero-order valence-electron chi connectivity index (χ0n) is 41.4. The van der Waals surface area contributed by atoms with Crippen LogP contribution in [0.25, 0.3) is 0 Å². The van der Waals surface area contributed by atoms with Crippen molar-refractivity contribution in [1.29, 1.82) is 0 Å². The summed E-state index contributed by atoms with van der Waals surface area (Å²) in [5.41, 5.74) is 0. The lowest BCUT2D eigenvalue weighted by Gasteiger charge is -2.25. The second-order valence-electron chi connectivity index (χ2n) is 17.7. The van der Waals surface area contributed by atoms with Crippen LogP contribution in [0.15, 0.2) is 85.1 Å². The molecule has 0 aromatic carbocycles. The third kappa shape index (κ3) is 46.5. The standard InChI is InChI=1S/C55H93NO8/c1-6-8-10-12-14-16-18-20-22-24-25-26-27-28-29-30-32-34-36-38-40-42-44-46-53(58)64-51(50-63-55(54(59)60)61-48-47-56(3,4)5)49-62-52(57)45-43-41-39-37-35-33-31-23-21-19-17-15-13-11-9-7-2/h8,10,14,16-17,19-20,22-23,25-26,28-29,31,51,55H,6-7,9,11-13,15,18,21,24,27,30,32-50H2,1-5H3/p+1/b10-8-,16-14-,19-17-,22-20-,26-25-,29-28-,31-23-. The highest BCUT2D eigenvalue weighted by molar-refractivity contribution is 5.71. The van der Waals surface area contributed by atoms with E-state index in [4.69, 9.17) is 18.9 Å². The summed E-state index contributed by atoms with van der Waals surface area (Å²) in [6, 6.07) is 0. The van der Waals surface area contributed by atoms with Gasteiger partial charge in [0.15, 0.2) is 6.10 Å². The van der Waals surface area contributed by atoms with Crippen molar-refractivity contribution < 1.29 is 42.9 Å². The Morgan fingerprint density at radius 3 is 1.33 bits per heavy atom. The van der Waals surface area contributed by atoms with Crippen molar-refractivity contribution in [2.45, 2.75) is 200 Å². The average molecular weight is 897 g/mol. The number of carbonyl (C=O) groups is 3. The van der Waals surface area contributed by atoms with Crippen LogP contribution in [0.2, 0.25) is 0 Å². The Labute approximate surface area is 391 Å². The van der Waals surface area contributed by atoms with Gasteiger partial charge >= 0.3 is 17.9 Å². The van der Waals surface area contributed by atoms with Crippen LogP contribution in [0, 0.1) is 0 Å². The van der Waals surface area contributed by atoms with Crippen molar-refractivity contribution in [2.75, 3.05) is 47.5 Å². The molecule has 0 spiro atoms. The Hall–Kier alpha value is -3.53. The van der Waals surface area contributed by atoms with Gasteiger partial charge in [-0.3, -0.25) is 9.59 Å². The molecule has 0 saturated carbocycles. The van der Waals surface area contributed by atoms with Crippen molar-refractivity contribution in [3.63, 3.8) is 0 Å². The number of aliphatic carboxylic acids is 1. The molecule has 0 rings (SSSR count). The van der Waals surface area contributed by atoms with E-state index in [9.17, 15) is 19.5 Å². The Morgan fingerprint density at radius 2 is 0.891 bits per heavy atom. The fraction of sp³-hybridized carbons (Fsp3) is 0.691. The Bertz CT molecular complexity index is 1320. The molecule has 2 atom stereocenters. The number of hydrogen-bond acceptors (Lipinski definition) is 7. The van der Waals surface area contributed by atoms with Gasteiger partial charge in [0.25, 0.3) is 6.29 Å². The Kier molecular flexibility index (Phi) is 43.5. The molecular weight excluding hydrogens is 803 g/mol. The molecule has 0 aromatic heterocycles. The summed E-state index contributed by atoms with van der Waals surface area (Å²) >= 11 is 0. The number of quaternary nitrogens is 1. The average Bonchev–Trinajstić information content (AvgIpc) is 3.26. The van der Waals surface area contributed by atoms with E-state index in [0.29, 0.717) is 17.4 Å². The van der Waals surface area contributed by atoms with Crippen molar-refractivity contribution in [3.8, 4) is 0 Å². The second kappa shape index (κ2) is 46.0. The number of carboxylic acid groups (broad SMARTS) is 1. The minimum absolute atomic E-state index is 0.178. The number of allylic oxidation sites excluding steroid dienone is 14. The lowest BCUT2D eigenvalue weighted by molar-refractivity contribution is -0.870. The number of esters is 2. The molecule has 0 aliphatic rings. The van der Waals surface area contributed by atoms with Crippen LogP contribution >= 0.6 is 0 Å². The molecule has 9 heteroatoms. The molecule has 0 bridgehead atoms. The molecule has 366 valence electrons. The lowest BCUT2D eigenvalue weighted by atomic mass is 10.1. The molecule has 0 aromatic rings. The number of carboxylic acids is 1. The largest absolute Gasteiger partial charge is 0.477 e. The van der Waals surface area contributed by atoms with Crippen LogP contribution in [0.4, 0.5) is 0 Å². The van der Waals surface area contributed by atoms with Crippen LogP contribution in [0.1, 0.15) is 187 Å². The molecule has 1 N–H and O–H groups in total. The molecule has 0 amide bonds. The first-order valence-electron chi connectivity index (χ1n) is 25.3. The maximum atomic E-state index is 12.8. The van der Waals surface area contributed by atoms with Gasteiger partial charge in [-0.2, -0.15) is 0 Å². The quantitative estimate of drug-likeness (QED) is 0.0212. The first-order chi connectivity index (χ1) is 31.1. The van der Waals surface area contributed by atoms with Crippen molar-refractivity contribution >= 4 is 17.9 Å². The van der Waals surface area contributed by atoms with Crippen molar-refractivity contribution in [3.05, 3.63) is 85.1 Å². The highest BCUT2D eigenvalue weighted by atomic mass is 16.7. The summed E-state index contributed by atoms with van der Waals surface area (Å²) in [6.45, 7) is 4.70. The van der Waals surface area contributed by atoms with Gasteiger partial charge in [-0.1, -0.05) is 170 Å². The fourth-order valence-corrected chi connectivity index (χ4v) is 6.48. The third-order valence-electron chi connectivity index (χ3n) is 10.4. The summed E-state index contributed by atoms with van der Waals surface area (Å²) in [7, 11) is 5.94. The van der Waals surface area contributed by atoms with Crippen LogP contribution in [0.5, 0.6) is 0 Å². The number of hydrogen-bond donors (Lipinski definition) is 1. The third-order valence-corrected chi connectivity index (χ3v) is 10.4. The zero-order valence-corrected chi connectivity index (χ0v) is 41.4. The number of carbonyl (C=O) groups excluding carboxylic acids is 2. The summed E-state index contributed by atoms with van der Waals surface area (Å²) in [5, 5.41) is 9.67. The molecule has 9 nitrogen and oxygen atoms in total. The van der Waals surface area contributed by atoms with Gasteiger partial charge in [0, 0.05) is 12.8 Å². The van der Waals surface area contributed by atoms with E-state index in [1.807, 2.05) is 21.1 Å². The predicted molar refractivity (Wildman–Crippen MR) is 267 cm³/mol. The first kappa shape index (κ1) is 60.5. The van der Waals surface area contributed by atoms with Gasteiger partial charge < -0.3 is 28.5 Å². The van der Waals surface area contributed by atoms with Crippen LogP contribution < -0.4 is 0 Å². The van der Waals surface area contributed by atoms with Gasteiger partial charge in [0.1, 0.15) is 13.2 Å². The maximum absolute atomic E-state index is 12.8. The summed E-state index contributed by atoms with van der Waals surface area (Å²) < 4.78 is 22.8. The summed E-state index contributed by atoms with van der Waals surface area (Å²) in [5.74, 6) is -2.05. The van der Waals surface area contributed by atoms with Gasteiger partial charge in [0.05, 0.1) is 34.4 Å². The number of nitrogens with zero attached hydrogens (tertiary/aromatic N) is 1. The molecule has 0 aliphatic heterocycles. The number of ether oxygens (including phenoxy) is 4. The normalized spacial score (nSPS) is 13.6. The molecule has 2 unspecified atom stereocenters. The van der Waals surface area contributed by atoms with Crippen molar-refractivity contribution in [1.82, 2.24) is 0 Å². The zero-order chi connectivity index (χ0) is 47.0. The van der Waals surface area contributed by atoms with Gasteiger partial charge in [-0.05, 0) is 89.9 Å². The SMILES string of the molecule is CC/C=C\C/C=C\C/C=C\C/C=C\C/C=C\CCCCCCCCCC(=O)OC(COC(=O)CCCCCCC/C=C\C/C=C\CCCCCC)COC(OCC[N+](C)(C)C)C(=O)O. The number of rotatable bonds is 45. The van der Waals surface area contributed by atoms with E-state index >= 15 is 0 Å². The van der Waals surface area contributed by atoms with Gasteiger partial charge in [-0.25, -0.2) is 4.79 Å². The van der Waals surface area contributed by atoms with E-state index in [0.717, 1.165) is 103 Å². The molecule has 64 heavy (non-hydrogen) atoms. The lowest BCUT2D eigenvalue weighted by Crippen LogP contribution is -2.40. The van der Waals surface area contributed by atoms with Gasteiger partial charge in [0.2, 0.25) is 0 Å². The van der Waals surface area contributed by atoms with E-state index in [1.54, 1.807) is 0 Å². The minimum Gasteiger partial charge on any atom is -0.477 e. The maximum Gasteiger partial charge on any atom is 0.361 e. The van der Waals surface area contributed by atoms with E-state index < -0.39 is 24.3 Å². The number of unbranched alkanes of at least 4 members (excludes halogenated alkanes) is 16. The second-order valence-corrected chi connectivity index (χ2v) is 17.7. The molecule has 0 radical (unpaired) electrons. The Balaban J connectivity index is 4.41. The molecule has 0 saturated heterocycles. The van der Waals surface area contributed by atoms with Crippen LogP contribution in [0.3, 0.4) is 0 Å². The van der Waals surface area contributed by atoms with E-state index in [1.165, 1.54) is 51.4 Å².